The molecule has 1 aromatic carbocycles. The highest BCUT2D eigenvalue weighted by Gasteiger charge is 2.28. The minimum absolute atomic E-state index is 0.438. The molecule has 1 atom stereocenters. The number of rotatable bonds is 3. The molecule has 0 spiro atoms. The molecule has 2 aliphatic heterocycles. The normalized spacial score (nSPS) is 22.0. The molecule has 0 radical (unpaired) electrons. The zero-order valence-corrected chi connectivity index (χ0v) is 11.8. The van der Waals surface area contributed by atoms with Gasteiger partial charge in [-0.15, -0.1) is 0 Å². The minimum Gasteiger partial charge on any atom is -0.374 e. The number of fused-ring (bicyclic) bond motifs is 1. The summed E-state index contributed by atoms with van der Waals surface area (Å²) >= 11 is 0. The molecule has 1 amide bonds. The average Bonchev–Trinajstić information content (AvgIpc) is 2.94. The van der Waals surface area contributed by atoms with Gasteiger partial charge >= 0.3 is 0 Å². The first-order chi connectivity index (χ1) is 9.54. The van der Waals surface area contributed by atoms with Gasteiger partial charge in [0.15, 0.2) is 0 Å². The van der Waals surface area contributed by atoms with E-state index in [1.807, 2.05) is 12.1 Å². The Morgan fingerprint density at radius 1 is 1.40 bits per heavy atom. The van der Waals surface area contributed by atoms with E-state index in [1.54, 1.807) is 6.07 Å². The van der Waals surface area contributed by atoms with Crippen LogP contribution in [0, 0.1) is 5.92 Å². The van der Waals surface area contributed by atoms with Crippen LogP contribution in [0.2, 0.25) is 0 Å². The molecule has 2 heterocycles. The summed E-state index contributed by atoms with van der Waals surface area (Å²) in [5.74, 6) is -0.293. The number of hydrogen-bond donors (Lipinski definition) is 1. The number of nitrogens with one attached hydrogen (secondary N) is 1. The van der Waals surface area contributed by atoms with Gasteiger partial charge in [-0.25, -0.2) is 0 Å². The number of anilines is 2. The molecular weight excluding hydrogens is 254 g/mol. The quantitative estimate of drug-likeness (QED) is 0.841. The third kappa shape index (κ3) is 2.29. The van der Waals surface area contributed by atoms with Crippen LogP contribution in [0.5, 0.6) is 0 Å². The van der Waals surface area contributed by atoms with Crippen molar-refractivity contribution in [2.45, 2.75) is 6.42 Å². The highest BCUT2D eigenvalue weighted by molar-refractivity contribution is 6.51. The summed E-state index contributed by atoms with van der Waals surface area (Å²) in [5.41, 5.74) is 2.15. The van der Waals surface area contributed by atoms with Gasteiger partial charge in [0, 0.05) is 25.8 Å². The molecule has 0 bridgehead atoms. The van der Waals surface area contributed by atoms with Crippen molar-refractivity contribution < 1.29 is 9.59 Å². The van der Waals surface area contributed by atoms with E-state index >= 15 is 0 Å². The average molecular weight is 273 g/mol. The van der Waals surface area contributed by atoms with Crippen LogP contribution >= 0.6 is 0 Å². The highest BCUT2D eigenvalue weighted by atomic mass is 16.2. The number of carbonyl (C=O) groups is 2. The second-order valence-electron chi connectivity index (χ2n) is 5.81. The van der Waals surface area contributed by atoms with Crippen molar-refractivity contribution in [3.63, 3.8) is 0 Å². The lowest BCUT2D eigenvalue weighted by atomic mass is 10.1. The van der Waals surface area contributed by atoms with Gasteiger partial charge in [0.25, 0.3) is 11.7 Å². The fraction of sp³-hybridized carbons (Fsp3) is 0.467. The Morgan fingerprint density at radius 3 is 2.90 bits per heavy atom. The summed E-state index contributed by atoms with van der Waals surface area (Å²) in [6.07, 6.45) is 1.22. The van der Waals surface area contributed by atoms with E-state index in [4.69, 9.17) is 0 Å². The number of ketones is 1. The third-order valence-electron chi connectivity index (χ3n) is 4.16. The molecule has 0 aromatic heterocycles. The lowest BCUT2D eigenvalue weighted by Gasteiger charge is -2.23. The van der Waals surface area contributed by atoms with Gasteiger partial charge in [-0.05, 0) is 44.1 Å². The largest absolute Gasteiger partial charge is 0.374 e. The zero-order valence-electron chi connectivity index (χ0n) is 11.8. The smallest absolute Gasteiger partial charge is 0.296 e. The molecule has 1 fully saturated rings. The maximum absolute atomic E-state index is 11.6. The van der Waals surface area contributed by atoms with Gasteiger partial charge in [0.1, 0.15) is 0 Å². The lowest BCUT2D eigenvalue weighted by Crippen LogP contribution is -2.27. The summed E-state index contributed by atoms with van der Waals surface area (Å²) < 4.78 is 0. The van der Waals surface area contributed by atoms with Gasteiger partial charge in [0.2, 0.25) is 0 Å². The van der Waals surface area contributed by atoms with E-state index in [9.17, 15) is 9.59 Å². The van der Waals surface area contributed by atoms with Crippen molar-refractivity contribution in [1.29, 1.82) is 0 Å². The summed E-state index contributed by atoms with van der Waals surface area (Å²) in [6.45, 7) is 3.28. The van der Waals surface area contributed by atoms with E-state index in [0.717, 1.165) is 25.3 Å². The minimum atomic E-state index is -0.530. The van der Waals surface area contributed by atoms with Crippen LogP contribution in [-0.4, -0.2) is 50.3 Å². The first kappa shape index (κ1) is 13.1. The third-order valence-corrected chi connectivity index (χ3v) is 4.16. The Balaban J connectivity index is 1.73. The molecule has 3 rings (SSSR count). The molecule has 1 aromatic rings. The van der Waals surface area contributed by atoms with Gasteiger partial charge in [-0.3, -0.25) is 9.59 Å². The second-order valence-corrected chi connectivity index (χ2v) is 5.81. The van der Waals surface area contributed by atoms with Gasteiger partial charge in [-0.1, -0.05) is 0 Å². The van der Waals surface area contributed by atoms with Gasteiger partial charge < -0.3 is 15.1 Å². The van der Waals surface area contributed by atoms with Crippen LogP contribution in [0.3, 0.4) is 0 Å². The number of benzene rings is 1. The van der Waals surface area contributed by atoms with E-state index in [-0.39, 0.29) is 0 Å². The Bertz CT molecular complexity index is 570. The van der Waals surface area contributed by atoms with Crippen molar-refractivity contribution in [3.05, 3.63) is 23.8 Å². The summed E-state index contributed by atoms with van der Waals surface area (Å²) in [5, 5.41) is 2.62. The van der Waals surface area contributed by atoms with Crippen LogP contribution in [0.15, 0.2) is 18.2 Å². The van der Waals surface area contributed by atoms with Crippen molar-refractivity contribution >= 4 is 23.1 Å². The Kier molecular flexibility index (Phi) is 3.22. The fourth-order valence-corrected chi connectivity index (χ4v) is 3.04. The Hall–Kier alpha value is -1.88. The fourth-order valence-electron chi connectivity index (χ4n) is 3.04. The maximum atomic E-state index is 11.6. The molecule has 5 nitrogen and oxygen atoms in total. The van der Waals surface area contributed by atoms with Crippen LogP contribution < -0.4 is 10.2 Å². The van der Waals surface area contributed by atoms with Crippen LogP contribution in [0.4, 0.5) is 11.4 Å². The first-order valence-corrected chi connectivity index (χ1v) is 6.94. The predicted molar refractivity (Wildman–Crippen MR) is 78.3 cm³/mol. The molecule has 1 saturated heterocycles. The number of likely N-dealkylation sites (tertiary alicyclic amines) is 1. The summed E-state index contributed by atoms with van der Waals surface area (Å²) in [4.78, 5) is 27.4. The number of amides is 1. The molecule has 1 N–H and O–H groups in total. The van der Waals surface area contributed by atoms with Crippen molar-refractivity contribution in [2.24, 2.45) is 5.92 Å². The Labute approximate surface area is 118 Å². The van der Waals surface area contributed by atoms with Crippen LogP contribution in [0.1, 0.15) is 16.8 Å². The van der Waals surface area contributed by atoms with Gasteiger partial charge in [-0.2, -0.15) is 0 Å². The van der Waals surface area contributed by atoms with E-state index in [1.165, 1.54) is 6.42 Å². The number of hydrogen-bond acceptors (Lipinski definition) is 4. The summed E-state index contributed by atoms with van der Waals surface area (Å²) in [6, 6.07) is 5.54. The molecule has 1 unspecified atom stereocenters. The van der Waals surface area contributed by atoms with Crippen LogP contribution in [-0.2, 0) is 4.79 Å². The van der Waals surface area contributed by atoms with Crippen LogP contribution in [0.25, 0.3) is 0 Å². The number of carbonyl (C=O) groups excluding carboxylic acids is 2. The zero-order chi connectivity index (χ0) is 14.3. The number of Topliss-reactive ketones (excluding diaryl/α,β-unsaturated/α-hetero) is 1. The maximum Gasteiger partial charge on any atom is 0.296 e. The molecule has 2 aliphatic rings. The molecule has 0 saturated carbocycles. The van der Waals surface area contributed by atoms with E-state index in [0.29, 0.717) is 17.2 Å². The first-order valence-electron chi connectivity index (χ1n) is 6.94. The van der Waals surface area contributed by atoms with Crippen molar-refractivity contribution in [3.8, 4) is 0 Å². The van der Waals surface area contributed by atoms with E-state index in [2.05, 4.69) is 29.2 Å². The topological polar surface area (TPSA) is 52.6 Å². The number of nitrogens with zero attached hydrogens (tertiary/aromatic N) is 2. The molecule has 0 aliphatic carbocycles. The molecule has 20 heavy (non-hydrogen) atoms. The standard InChI is InChI=1S/C15H19N3O2/c1-17-6-5-10(8-17)9-18(2)11-3-4-12-13(7-11)16-15(20)14(12)19/h3-4,7,10H,5-6,8-9H2,1-2H3,(H,16,19,20). The molecule has 106 valence electrons. The molecular formula is C15H19N3O2. The Morgan fingerprint density at radius 2 is 2.20 bits per heavy atom. The lowest BCUT2D eigenvalue weighted by molar-refractivity contribution is -0.112. The molecule has 5 heteroatoms. The second kappa shape index (κ2) is 4.90. The van der Waals surface area contributed by atoms with Crippen molar-refractivity contribution in [1.82, 2.24) is 4.90 Å². The van der Waals surface area contributed by atoms with Crippen molar-refractivity contribution in [2.75, 3.05) is 43.9 Å². The predicted octanol–water partition coefficient (Wildman–Crippen LogP) is 1.21. The highest BCUT2D eigenvalue weighted by Crippen LogP contribution is 2.28. The summed E-state index contributed by atoms with van der Waals surface area (Å²) in [7, 11) is 4.20. The van der Waals surface area contributed by atoms with Gasteiger partial charge in [0.05, 0.1) is 11.3 Å². The van der Waals surface area contributed by atoms with E-state index < -0.39 is 11.7 Å². The SMILES string of the molecule is CN1CCC(CN(C)c2ccc3c(c2)NC(=O)C3=O)C1. The monoisotopic (exact) mass is 273 g/mol.